The Balaban J connectivity index is 1.57. The second-order valence-corrected chi connectivity index (χ2v) is 7.47. The molecule has 0 amide bonds. The first kappa shape index (κ1) is 20.0. The summed E-state index contributed by atoms with van der Waals surface area (Å²) in [7, 11) is 0. The Hall–Kier alpha value is -3.28. The maximum atomic E-state index is 5.83. The fourth-order valence-corrected chi connectivity index (χ4v) is 3.61. The molecule has 154 valence electrons. The number of nitrogens with one attached hydrogen (secondary N) is 1. The molecule has 6 heteroatoms. The third kappa shape index (κ3) is 5.00. The third-order valence-corrected chi connectivity index (χ3v) is 5.24. The summed E-state index contributed by atoms with van der Waals surface area (Å²) in [6, 6.07) is 18.6. The van der Waals surface area contributed by atoms with E-state index in [1.54, 1.807) is 0 Å². The van der Waals surface area contributed by atoms with E-state index in [0.717, 1.165) is 48.0 Å². The van der Waals surface area contributed by atoms with Crippen molar-refractivity contribution in [2.75, 3.05) is 5.32 Å². The lowest BCUT2D eigenvalue weighted by atomic mass is 10.0. The van der Waals surface area contributed by atoms with Crippen LogP contribution in [0.1, 0.15) is 49.4 Å². The second-order valence-electron chi connectivity index (χ2n) is 7.47. The molecule has 2 aromatic heterocycles. The van der Waals surface area contributed by atoms with Crippen LogP contribution in [0.3, 0.4) is 0 Å². The van der Waals surface area contributed by atoms with Crippen molar-refractivity contribution in [3.63, 3.8) is 0 Å². The molecule has 4 aromatic rings. The Kier molecular flexibility index (Phi) is 6.65. The van der Waals surface area contributed by atoms with E-state index in [9.17, 15) is 0 Å². The number of oxazole rings is 1. The maximum absolute atomic E-state index is 5.83. The summed E-state index contributed by atoms with van der Waals surface area (Å²) < 4.78 is 5.83. The molecule has 2 heterocycles. The molecule has 0 unspecified atom stereocenters. The first-order valence-corrected chi connectivity index (χ1v) is 10.7. The number of unbranched alkanes of at least 4 members (excludes halogenated alkanes) is 3. The minimum Gasteiger partial charge on any atom is -0.423 e. The molecule has 0 saturated heterocycles. The second kappa shape index (κ2) is 9.96. The van der Waals surface area contributed by atoms with E-state index in [1.807, 2.05) is 30.3 Å². The standard InChI is InChI=1S/C24H27N5O/c1-2-3-4-8-13-19-20(17-16-18-11-6-5-7-12-18)27-29-28-23(19)26-24-25-21-14-9-10-15-22(21)30-24/h5-7,9-12,14-15H,2-4,8,13,16-17H2,1H3,(H,25,26,27,28). The van der Waals surface area contributed by atoms with E-state index in [-0.39, 0.29) is 0 Å². The zero-order valence-corrected chi connectivity index (χ0v) is 17.3. The van der Waals surface area contributed by atoms with Gasteiger partial charge in [-0.25, -0.2) is 0 Å². The van der Waals surface area contributed by atoms with Crippen LogP contribution in [0.15, 0.2) is 59.0 Å². The first-order valence-electron chi connectivity index (χ1n) is 10.7. The zero-order valence-electron chi connectivity index (χ0n) is 17.3. The summed E-state index contributed by atoms with van der Waals surface area (Å²) >= 11 is 0. The monoisotopic (exact) mass is 401 g/mol. The number of hydrogen-bond acceptors (Lipinski definition) is 6. The predicted molar refractivity (Wildman–Crippen MR) is 119 cm³/mol. The van der Waals surface area contributed by atoms with Crippen molar-refractivity contribution in [1.82, 2.24) is 20.4 Å². The van der Waals surface area contributed by atoms with E-state index in [1.165, 1.54) is 24.8 Å². The maximum Gasteiger partial charge on any atom is 0.301 e. The van der Waals surface area contributed by atoms with Crippen LogP contribution in [-0.4, -0.2) is 20.4 Å². The van der Waals surface area contributed by atoms with Gasteiger partial charge < -0.3 is 4.42 Å². The SMILES string of the molecule is CCCCCCc1c(CCc2ccccc2)nnnc1Nc1nc2ccccc2o1. The van der Waals surface area contributed by atoms with E-state index < -0.39 is 0 Å². The average Bonchev–Trinajstić information content (AvgIpc) is 3.19. The van der Waals surface area contributed by atoms with Gasteiger partial charge in [-0.2, -0.15) is 4.98 Å². The topological polar surface area (TPSA) is 76.7 Å². The molecule has 2 aromatic carbocycles. The Morgan fingerprint density at radius 1 is 0.833 bits per heavy atom. The average molecular weight is 402 g/mol. The van der Waals surface area contributed by atoms with Crippen LogP contribution in [0.25, 0.3) is 11.1 Å². The Labute approximate surface area is 176 Å². The molecule has 0 spiro atoms. The molecule has 1 N–H and O–H groups in total. The van der Waals surface area contributed by atoms with Crippen LogP contribution in [-0.2, 0) is 19.3 Å². The van der Waals surface area contributed by atoms with Gasteiger partial charge in [0, 0.05) is 5.56 Å². The molecule has 0 fully saturated rings. The van der Waals surface area contributed by atoms with Gasteiger partial charge in [0.2, 0.25) is 0 Å². The fourth-order valence-electron chi connectivity index (χ4n) is 3.61. The van der Waals surface area contributed by atoms with Gasteiger partial charge in [-0.05, 0) is 48.6 Å². The summed E-state index contributed by atoms with van der Waals surface area (Å²) in [5.41, 5.74) is 4.95. The largest absolute Gasteiger partial charge is 0.423 e. The highest BCUT2D eigenvalue weighted by Crippen LogP contribution is 2.25. The molecule has 0 aliphatic rings. The molecule has 4 rings (SSSR count). The van der Waals surface area contributed by atoms with Crippen LogP contribution in [0.2, 0.25) is 0 Å². The van der Waals surface area contributed by atoms with Crippen LogP contribution in [0.5, 0.6) is 0 Å². The number of aromatic nitrogens is 4. The summed E-state index contributed by atoms with van der Waals surface area (Å²) in [5, 5.41) is 15.9. The smallest absolute Gasteiger partial charge is 0.301 e. The van der Waals surface area contributed by atoms with Crippen LogP contribution in [0.4, 0.5) is 11.8 Å². The molecule has 6 nitrogen and oxygen atoms in total. The quantitative estimate of drug-likeness (QED) is 0.345. The van der Waals surface area contributed by atoms with Gasteiger partial charge in [0.1, 0.15) is 5.52 Å². The summed E-state index contributed by atoms with van der Waals surface area (Å²) in [5.74, 6) is 0.691. The van der Waals surface area contributed by atoms with Gasteiger partial charge in [-0.15, -0.1) is 10.2 Å². The van der Waals surface area contributed by atoms with Gasteiger partial charge in [0.15, 0.2) is 11.4 Å². The molecule has 0 bridgehead atoms. The lowest BCUT2D eigenvalue weighted by Crippen LogP contribution is -2.09. The molecule has 0 radical (unpaired) electrons. The molecular formula is C24H27N5O. The summed E-state index contributed by atoms with van der Waals surface area (Å²) in [6.07, 6.45) is 7.39. The first-order chi connectivity index (χ1) is 14.8. The van der Waals surface area contributed by atoms with E-state index in [2.05, 4.69) is 56.9 Å². The zero-order chi connectivity index (χ0) is 20.6. The lowest BCUT2D eigenvalue weighted by molar-refractivity contribution is 0.619. The number of anilines is 2. The Bertz CT molecular complexity index is 1040. The molecule has 0 saturated carbocycles. The lowest BCUT2D eigenvalue weighted by Gasteiger charge is -2.12. The normalized spacial score (nSPS) is 11.1. The number of fused-ring (bicyclic) bond motifs is 1. The summed E-state index contributed by atoms with van der Waals surface area (Å²) in [4.78, 5) is 4.52. The van der Waals surface area contributed by atoms with Gasteiger partial charge in [-0.3, -0.25) is 5.32 Å². The van der Waals surface area contributed by atoms with Crippen LogP contribution >= 0.6 is 0 Å². The van der Waals surface area contributed by atoms with Crippen LogP contribution < -0.4 is 5.32 Å². The number of para-hydroxylation sites is 2. The Morgan fingerprint density at radius 3 is 2.50 bits per heavy atom. The van der Waals surface area contributed by atoms with Crippen molar-refractivity contribution in [3.8, 4) is 0 Å². The minimum absolute atomic E-state index is 0.431. The number of hydrogen-bond donors (Lipinski definition) is 1. The van der Waals surface area contributed by atoms with E-state index >= 15 is 0 Å². The molecule has 30 heavy (non-hydrogen) atoms. The van der Waals surface area contributed by atoms with Gasteiger partial charge in [-0.1, -0.05) is 68.7 Å². The number of nitrogens with zero attached hydrogens (tertiary/aromatic N) is 4. The van der Waals surface area contributed by atoms with Gasteiger partial charge in [0.25, 0.3) is 0 Å². The van der Waals surface area contributed by atoms with Crippen LogP contribution in [0, 0.1) is 0 Å². The molecular weight excluding hydrogens is 374 g/mol. The highest BCUT2D eigenvalue weighted by atomic mass is 16.4. The number of aryl methyl sites for hydroxylation is 2. The molecule has 0 aliphatic heterocycles. The molecule has 0 atom stereocenters. The predicted octanol–water partition coefficient (Wildman–Crippen LogP) is 5.66. The Morgan fingerprint density at radius 2 is 1.67 bits per heavy atom. The van der Waals surface area contributed by atoms with Gasteiger partial charge >= 0.3 is 6.01 Å². The third-order valence-electron chi connectivity index (χ3n) is 5.24. The highest BCUT2D eigenvalue weighted by molar-refractivity contribution is 5.75. The minimum atomic E-state index is 0.431. The van der Waals surface area contributed by atoms with E-state index in [4.69, 9.17) is 4.42 Å². The fraction of sp³-hybridized carbons (Fsp3) is 0.333. The van der Waals surface area contributed by atoms with Crippen molar-refractivity contribution >= 4 is 22.9 Å². The van der Waals surface area contributed by atoms with Crippen molar-refractivity contribution < 1.29 is 4.42 Å². The van der Waals surface area contributed by atoms with Crippen molar-refractivity contribution in [2.45, 2.75) is 51.9 Å². The number of rotatable bonds is 10. The molecule has 0 aliphatic carbocycles. The number of benzene rings is 2. The summed E-state index contributed by atoms with van der Waals surface area (Å²) in [6.45, 7) is 2.22. The van der Waals surface area contributed by atoms with Crippen molar-refractivity contribution in [1.29, 1.82) is 0 Å². The van der Waals surface area contributed by atoms with Gasteiger partial charge in [0.05, 0.1) is 5.69 Å². The highest BCUT2D eigenvalue weighted by Gasteiger charge is 2.15. The van der Waals surface area contributed by atoms with Crippen molar-refractivity contribution in [3.05, 3.63) is 71.4 Å². The van der Waals surface area contributed by atoms with E-state index in [0.29, 0.717) is 11.8 Å². The van der Waals surface area contributed by atoms with Crippen molar-refractivity contribution in [2.24, 2.45) is 0 Å².